The van der Waals surface area contributed by atoms with Crippen LogP contribution in [0.5, 0.6) is 0 Å². The largest absolute Gasteiger partial charge is 0.481 e. The fraction of sp³-hybridized carbons (Fsp3) is 0.636. The lowest BCUT2D eigenvalue weighted by atomic mass is 10.0. The Bertz CT molecular complexity index is 519. The van der Waals surface area contributed by atoms with Gasteiger partial charge in [0, 0.05) is 12.3 Å². The van der Waals surface area contributed by atoms with Crippen molar-refractivity contribution in [1.82, 2.24) is 4.98 Å². The predicted molar refractivity (Wildman–Crippen MR) is 63.1 cm³/mol. The second kappa shape index (κ2) is 5.09. The third kappa shape index (κ3) is 3.32. The summed E-state index contributed by atoms with van der Waals surface area (Å²) in [5.41, 5.74) is 0. The van der Waals surface area contributed by atoms with Gasteiger partial charge in [-0.1, -0.05) is 0 Å². The summed E-state index contributed by atoms with van der Waals surface area (Å²) < 4.78 is 28.1. The molecule has 2 heterocycles. The van der Waals surface area contributed by atoms with Crippen molar-refractivity contribution < 1.29 is 22.7 Å². The minimum absolute atomic E-state index is 0.00762. The van der Waals surface area contributed by atoms with Crippen molar-refractivity contribution in [3.05, 3.63) is 17.8 Å². The molecule has 1 aliphatic rings. The van der Waals surface area contributed by atoms with Gasteiger partial charge in [0.1, 0.15) is 15.6 Å². The molecule has 1 fully saturated rings. The smallest absolute Gasteiger partial charge is 0.303 e. The molecule has 2 rings (SSSR count). The summed E-state index contributed by atoms with van der Waals surface area (Å²) in [4.78, 5) is 14.5. The molecule has 1 aromatic heterocycles. The van der Waals surface area contributed by atoms with Crippen molar-refractivity contribution in [1.29, 1.82) is 0 Å². The van der Waals surface area contributed by atoms with Crippen LogP contribution >= 0.6 is 0 Å². The molecule has 0 aromatic carbocycles. The van der Waals surface area contributed by atoms with Crippen LogP contribution in [0, 0.1) is 0 Å². The van der Waals surface area contributed by atoms with Gasteiger partial charge in [-0.2, -0.15) is 0 Å². The number of hydrogen-bond donors (Lipinski definition) is 1. The lowest BCUT2D eigenvalue weighted by Gasteiger charge is -2.18. The van der Waals surface area contributed by atoms with Crippen LogP contribution in [-0.4, -0.2) is 36.0 Å². The highest BCUT2D eigenvalue weighted by Gasteiger charge is 2.27. The first-order chi connectivity index (χ1) is 8.46. The van der Waals surface area contributed by atoms with Crippen LogP contribution in [0.15, 0.2) is 10.6 Å². The highest BCUT2D eigenvalue weighted by Crippen LogP contribution is 2.28. The molecule has 0 bridgehead atoms. The van der Waals surface area contributed by atoms with Gasteiger partial charge >= 0.3 is 5.97 Å². The lowest BCUT2D eigenvalue weighted by molar-refractivity contribution is -0.137. The van der Waals surface area contributed by atoms with Crippen LogP contribution in [0.4, 0.5) is 0 Å². The maximum absolute atomic E-state index is 11.3. The van der Waals surface area contributed by atoms with Gasteiger partial charge in [-0.3, -0.25) is 4.79 Å². The van der Waals surface area contributed by atoms with Gasteiger partial charge < -0.3 is 9.52 Å². The van der Waals surface area contributed by atoms with Crippen LogP contribution < -0.4 is 0 Å². The Morgan fingerprint density at radius 2 is 2.11 bits per heavy atom. The number of hydrogen-bond acceptors (Lipinski definition) is 5. The summed E-state index contributed by atoms with van der Waals surface area (Å²) >= 11 is 0. The van der Waals surface area contributed by atoms with E-state index in [0.717, 1.165) is 0 Å². The molecule has 0 saturated carbocycles. The molecule has 0 unspecified atom stereocenters. The van der Waals surface area contributed by atoms with E-state index in [1.165, 1.54) is 6.20 Å². The summed E-state index contributed by atoms with van der Waals surface area (Å²) in [5, 5.41) is 8.56. The van der Waals surface area contributed by atoms with Gasteiger partial charge in [-0.15, -0.1) is 0 Å². The first-order valence-corrected chi connectivity index (χ1v) is 7.65. The molecule has 0 radical (unpaired) electrons. The van der Waals surface area contributed by atoms with Gasteiger partial charge in [0.2, 0.25) is 0 Å². The summed E-state index contributed by atoms with van der Waals surface area (Å²) in [7, 11) is -2.89. The monoisotopic (exact) mass is 273 g/mol. The summed E-state index contributed by atoms with van der Waals surface area (Å²) in [5.74, 6) is 0.574. The first-order valence-electron chi connectivity index (χ1n) is 5.83. The number of oxazole rings is 1. The molecule has 0 aliphatic carbocycles. The van der Waals surface area contributed by atoms with Crippen LogP contribution in [-0.2, 0) is 21.1 Å². The molecule has 1 N–H and O–H groups in total. The van der Waals surface area contributed by atoms with E-state index in [0.29, 0.717) is 30.9 Å². The molecular formula is C11H15NO5S. The maximum atomic E-state index is 11.3. The van der Waals surface area contributed by atoms with E-state index in [1.807, 2.05) is 0 Å². The Morgan fingerprint density at radius 3 is 2.72 bits per heavy atom. The predicted octanol–water partition coefficient (Wildman–Crippen LogP) is 0.984. The number of aromatic nitrogens is 1. The highest BCUT2D eigenvalue weighted by molar-refractivity contribution is 7.91. The first kappa shape index (κ1) is 13.1. The van der Waals surface area contributed by atoms with Gasteiger partial charge in [0.15, 0.2) is 5.89 Å². The molecule has 0 atom stereocenters. The molecule has 100 valence electrons. The van der Waals surface area contributed by atoms with E-state index in [-0.39, 0.29) is 23.8 Å². The summed E-state index contributed by atoms with van der Waals surface area (Å²) in [6.07, 6.45) is 2.91. The van der Waals surface area contributed by atoms with Crippen molar-refractivity contribution in [2.45, 2.75) is 31.6 Å². The fourth-order valence-electron chi connectivity index (χ4n) is 1.99. The van der Waals surface area contributed by atoms with Gasteiger partial charge in [-0.05, 0) is 12.8 Å². The molecule has 0 spiro atoms. The normalized spacial score (nSPS) is 19.8. The molecule has 7 heteroatoms. The molecule has 0 amide bonds. The standard InChI is InChI=1S/C11H15NO5S/c13-10(14)2-1-9-7-12-11(17-9)8-3-5-18(15,16)6-4-8/h7-8H,1-6H2,(H,13,14). The molecule has 1 aliphatic heterocycles. The number of nitrogens with zero attached hydrogens (tertiary/aromatic N) is 1. The Hall–Kier alpha value is -1.37. The van der Waals surface area contributed by atoms with E-state index in [2.05, 4.69) is 4.98 Å². The average Bonchev–Trinajstić information content (AvgIpc) is 2.75. The topological polar surface area (TPSA) is 97.5 Å². The third-order valence-electron chi connectivity index (χ3n) is 3.06. The molecule has 18 heavy (non-hydrogen) atoms. The fourth-order valence-corrected chi connectivity index (χ4v) is 3.49. The Kier molecular flexibility index (Phi) is 3.70. The molecular weight excluding hydrogens is 258 g/mol. The quantitative estimate of drug-likeness (QED) is 0.878. The van der Waals surface area contributed by atoms with Crippen LogP contribution in [0.3, 0.4) is 0 Å². The van der Waals surface area contributed by atoms with Crippen molar-refractivity contribution in [2.75, 3.05) is 11.5 Å². The number of carboxylic acids is 1. The van der Waals surface area contributed by atoms with E-state index in [1.54, 1.807) is 0 Å². The zero-order valence-electron chi connectivity index (χ0n) is 9.83. The number of carbonyl (C=O) groups is 1. The van der Waals surface area contributed by atoms with Crippen LogP contribution in [0.25, 0.3) is 0 Å². The van der Waals surface area contributed by atoms with Crippen molar-refractivity contribution in [2.24, 2.45) is 0 Å². The molecule has 1 aromatic rings. The Morgan fingerprint density at radius 1 is 1.44 bits per heavy atom. The highest BCUT2D eigenvalue weighted by atomic mass is 32.2. The third-order valence-corrected chi connectivity index (χ3v) is 4.78. The van der Waals surface area contributed by atoms with E-state index >= 15 is 0 Å². The van der Waals surface area contributed by atoms with Gasteiger partial charge in [-0.25, -0.2) is 13.4 Å². The van der Waals surface area contributed by atoms with Crippen LogP contribution in [0.1, 0.15) is 36.8 Å². The number of carboxylic acid groups (broad SMARTS) is 1. The minimum Gasteiger partial charge on any atom is -0.481 e. The van der Waals surface area contributed by atoms with Crippen molar-refractivity contribution in [3.63, 3.8) is 0 Å². The van der Waals surface area contributed by atoms with Gasteiger partial charge in [0.25, 0.3) is 0 Å². The summed E-state index contributed by atoms with van der Waals surface area (Å²) in [6.45, 7) is 0. The van der Waals surface area contributed by atoms with Crippen molar-refractivity contribution in [3.8, 4) is 0 Å². The van der Waals surface area contributed by atoms with E-state index in [4.69, 9.17) is 9.52 Å². The number of aryl methyl sites for hydroxylation is 1. The lowest BCUT2D eigenvalue weighted by Crippen LogP contribution is -2.22. The number of rotatable bonds is 4. The number of aliphatic carboxylic acids is 1. The zero-order chi connectivity index (χ0) is 13.2. The molecule has 6 nitrogen and oxygen atoms in total. The Labute approximate surface area is 105 Å². The molecule has 1 saturated heterocycles. The van der Waals surface area contributed by atoms with Gasteiger partial charge in [0.05, 0.1) is 24.1 Å². The SMILES string of the molecule is O=C(O)CCc1cnc(C2CCS(=O)(=O)CC2)o1. The number of sulfone groups is 1. The second-order valence-corrected chi connectivity index (χ2v) is 6.79. The van der Waals surface area contributed by atoms with E-state index < -0.39 is 15.8 Å². The Balaban J connectivity index is 1.96. The maximum Gasteiger partial charge on any atom is 0.303 e. The zero-order valence-corrected chi connectivity index (χ0v) is 10.6. The van der Waals surface area contributed by atoms with E-state index in [9.17, 15) is 13.2 Å². The average molecular weight is 273 g/mol. The summed E-state index contributed by atoms with van der Waals surface area (Å²) in [6, 6.07) is 0. The van der Waals surface area contributed by atoms with Crippen LogP contribution in [0.2, 0.25) is 0 Å². The minimum atomic E-state index is -2.89. The van der Waals surface area contributed by atoms with Crippen molar-refractivity contribution >= 4 is 15.8 Å². The second-order valence-electron chi connectivity index (χ2n) is 4.48.